The molecule has 3 amide bonds. The molecule has 2 heterocycles. The van der Waals surface area contributed by atoms with Gasteiger partial charge in [0.25, 0.3) is 0 Å². The molecule has 8 nitrogen and oxygen atoms in total. The number of urea groups is 1. The van der Waals surface area contributed by atoms with E-state index in [4.69, 9.17) is 0 Å². The molecule has 1 aromatic rings. The molecule has 2 aliphatic rings. The first-order chi connectivity index (χ1) is 14.0. The Morgan fingerprint density at radius 1 is 1.14 bits per heavy atom. The van der Waals surface area contributed by atoms with Gasteiger partial charge in [0.2, 0.25) is 5.91 Å². The monoisotopic (exact) mass is 400 g/mol. The molecular formula is C21H32N6O2. The van der Waals surface area contributed by atoms with Crippen molar-refractivity contribution in [1.29, 1.82) is 5.26 Å². The second-order valence-electron chi connectivity index (χ2n) is 8.00. The number of piperazine rings is 1. The summed E-state index contributed by atoms with van der Waals surface area (Å²) in [6, 6.07) is 2.60. The normalized spacial score (nSPS) is 17.9. The molecule has 1 aliphatic carbocycles. The van der Waals surface area contributed by atoms with E-state index in [2.05, 4.69) is 26.2 Å². The first-order valence-electron chi connectivity index (χ1n) is 10.6. The third-order valence-corrected chi connectivity index (χ3v) is 6.17. The van der Waals surface area contributed by atoms with Gasteiger partial charge in [-0.15, -0.1) is 0 Å². The van der Waals surface area contributed by atoms with Crippen LogP contribution in [0.15, 0.2) is 0 Å². The summed E-state index contributed by atoms with van der Waals surface area (Å²) in [6.07, 6.45) is 4.55. The Labute approximate surface area is 172 Å². The van der Waals surface area contributed by atoms with Gasteiger partial charge in [-0.25, -0.2) is 4.79 Å². The van der Waals surface area contributed by atoms with E-state index < -0.39 is 0 Å². The van der Waals surface area contributed by atoms with Crippen molar-refractivity contribution in [3.05, 3.63) is 16.8 Å². The van der Waals surface area contributed by atoms with Crippen LogP contribution in [0.4, 0.5) is 10.6 Å². The molecule has 158 valence electrons. The second-order valence-corrected chi connectivity index (χ2v) is 8.00. The number of anilines is 1. The SMILES string of the molecule is CCNC(=O)N1CCN(CC(=O)Nc2c(C#N)c(C)c(C)n2C2CCCC2)CC1. The summed E-state index contributed by atoms with van der Waals surface area (Å²) in [7, 11) is 0. The van der Waals surface area contributed by atoms with Gasteiger partial charge in [0.1, 0.15) is 11.9 Å². The van der Waals surface area contributed by atoms with Crippen molar-refractivity contribution < 1.29 is 9.59 Å². The Kier molecular flexibility index (Phi) is 6.80. The molecule has 1 saturated carbocycles. The molecule has 1 saturated heterocycles. The van der Waals surface area contributed by atoms with Gasteiger partial charge >= 0.3 is 6.03 Å². The van der Waals surface area contributed by atoms with Crippen molar-refractivity contribution in [2.24, 2.45) is 0 Å². The van der Waals surface area contributed by atoms with Gasteiger partial charge < -0.3 is 20.1 Å². The number of aromatic nitrogens is 1. The lowest BCUT2D eigenvalue weighted by atomic mass is 10.2. The maximum atomic E-state index is 12.8. The fourth-order valence-corrected chi connectivity index (χ4v) is 4.45. The number of nitrogens with zero attached hydrogens (tertiary/aromatic N) is 4. The summed E-state index contributed by atoms with van der Waals surface area (Å²) in [6.45, 7) is 9.32. The van der Waals surface area contributed by atoms with Crippen molar-refractivity contribution in [2.45, 2.75) is 52.5 Å². The van der Waals surface area contributed by atoms with Gasteiger partial charge in [-0.1, -0.05) is 12.8 Å². The Morgan fingerprint density at radius 2 is 1.79 bits per heavy atom. The minimum absolute atomic E-state index is 0.0457. The highest BCUT2D eigenvalue weighted by Gasteiger charge is 2.28. The molecule has 8 heteroatoms. The van der Waals surface area contributed by atoms with E-state index in [1.165, 1.54) is 12.8 Å². The van der Waals surface area contributed by atoms with Gasteiger partial charge in [-0.05, 0) is 39.2 Å². The predicted molar refractivity (Wildman–Crippen MR) is 112 cm³/mol. The molecule has 0 radical (unpaired) electrons. The Bertz CT molecular complexity index is 795. The summed E-state index contributed by atoms with van der Waals surface area (Å²) >= 11 is 0. The summed E-state index contributed by atoms with van der Waals surface area (Å²) in [5, 5.41) is 15.5. The number of carbonyl (C=O) groups is 2. The highest BCUT2D eigenvalue weighted by molar-refractivity contribution is 5.93. The summed E-state index contributed by atoms with van der Waals surface area (Å²) in [4.78, 5) is 28.5. The fourth-order valence-electron chi connectivity index (χ4n) is 4.45. The van der Waals surface area contributed by atoms with Crippen molar-refractivity contribution in [3.63, 3.8) is 0 Å². The van der Waals surface area contributed by atoms with Crippen LogP contribution in [0.5, 0.6) is 0 Å². The van der Waals surface area contributed by atoms with Crippen LogP contribution in [0.25, 0.3) is 0 Å². The van der Waals surface area contributed by atoms with E-state index in [9.17, 15) is 14.9 Å². The van der Waals surface area contributed by atoms with Crippen molar-refractivity contribution >= 4 is 17.8 Å². The summed E-state index contributed by atoms with van der Waals surface area (Å²) < 4.78 is 2.17. The van der Waals surface area contributed by atoms with Crippen LogP contribution in [0.1, 0.15) is 55.5 Å². The quantitative estimate of drug-likeness (QED) is 0.794. The van der Waals surface area contributed by atoms with Crippen LogP contribution in [0.2, 0.25) is 0 Å². The van der Waals surface area contributed by atoms with Gasteiger partial charge in [-0.3, -0.25) is 9.69 Å². The molecular weight excluding hydrogens is 368 g/mol. The number of nitriles is 1. The Hall–Kier alpha value is -2.53. The zero-order chi connectivity index (χ0) is 21.0. The van der Waals surface area contributed by atoms with Gasteiger partial charge in [-0.2, -0.15) is 5.26 Å². The van der Waals surface area contributed by atoms with E-state index in [0.717, 1.165) is 24.1 Å². The molecule has 1 aliphatic heterocycles. The van der Waals surface area contributed by atoms with Crippen molar-refractivity contribution in [1.82, 2.24) is 19.7 Å². The van der Waals surface area contributed by atoms with E-state index in [0.29, 0.717) is 50.1 Å². The number of hydrogen-bond donors (Lipinski definition) is 2. The van der Waals surface area contributed by atoms with Gasteiger partial charge in [0.15, 0.2) is 0 Å². The molecule has 0 spiro atoms. The number of nitrogens with one attached hydrogen (secondary N) is 2. The topological polar surface area (TPSA) is 93.4 Å². The van der Waals surface area contributed by atoms with Gasteiger partial charge in [0, 0.05) is 44.5 Å². The zero-order valence-electron chi connectivity index (χ0n) is 17.8. The van der Waals surface area contributed by atoms with Crippen LogP contribution < -0.4 is 10.6 Å². The fraction of sp³-hybridized carbons (Fsp3) is 0.667. The Balaban J connectivity index is 1.65. The highest BCUT2D eigenvalue weighted by atomic mass is 16.2. The summed E-state index contributed by atoms with van der Waals surface area (Å²) in [5.41, 5.74) is 2.59. The van der Waals surface area contributed by atoms with Crippen LogP contribution in [0, 0.1) is 25.2 Å². The minimum Gasteiger partial charge on any atom is -0.338 e. The van der Waals surface area contributed by atoms with Crippen LogP contribution in [-0.4, -0.2) is 65.6 Å². The maximum Gasteiger partial charge on any atom is 0.317 e. The molecule has 1 aromatic heterocycles. The van der Waals surface area contributed by atoms with Crippen molar-refractivity contribution in [3.8, 4) is 6.07 Å². The first kappa shape index (κ1) is 21.2. The number of amides is 3. The molecule has 2 N–H and O–H groups in total. The molecule has 2 fully saturated rings. The van der Waals surface area contributed by atoms with E-state index in [-0.39, 0.29) is 18.5 Å². The minimum atomic E-state index is -0.107. The van der Waals surface area contributed by atoms with Crippen molar-refractivity contribution in [2.75, 3.05) is 44.6 Å². The van der Waals surface area contributed by atoms with Crippen LogP contribution >= 0.6 is 0 Å². The predicted octanol–water partition coefficient (Wildman–Crippen LogP) is 2.38. The molecule has 29 heavy (non-hydrogen) atoms. The van der Waals surface area contributed by atoms with Crippen LogP contribution in [0.3, 0.4) is 0 Å². The molecule has 3 rings (SSSR count). The summed E-state index contributed by atoms with van der Waals surface area (Å²) in [5.74, 6) is 0.546. The third-order valence-electron chi connectivity index (χ3n) is 6.17. The first-order valence-corrected chi connectivity index (χ1v) is 10.6. The van der Waals surface area contributed by atoms with Gasteiger partial charge in [0.05, 0.1) is 12.1 Å². The van der Waals surface area contributed by atoms with Crippen LogP contribution in [-0.2, 0) is 4.79 Å². The van der Waals surface area contributed by atoms with E-state index >= 15 is 0 Å². The molecule has 0 bridgehead atoms. The highest BCUT2D eigenvalue weighted by Crippen LogP contribution is 2.37. The largest absolute Gasteiger partial charge is 0.338 e. The lowest BCUT2D eigenvalue weighted by molar-refractivity contribution is -0.117. The molecule has 0 atom stereocenters. The zero-order valence-corrected chi connectivity index (χ0v) is 17.8. The van der Waals surface area contributed by atoms with E-state index in [1.807, 2.05) is 20.8 Å². The smallest absolute Gasteiger partial charge is 0.317 e. The standard InChI is InChI=1S/C21H32N6O2/c1-4-23-21(29)26-11-9-25(10-12-26)14-19(28)24-20-18(13-22)15(2)16(3)27(20)17-7-5-6-8-17/h17H,4-12,14H2,1-3H3,(H,23,29)(H,24,28). The molecule has 0 unspecified atom stereocenters. The molecule has 0 aromatic carbocycles. The lowest BCUT2D eigenvalue weighted by Gasteiger charge is -2.34. The average molecular weight is 401 g/mol. The van der Waals surface area contributed by atoms with E-state index in [1.54, 1.807) is 4.90 Å². The maximum absolute atomic E-state index is 12.8. The average Bonchev–Trinajstić information content (AvgIpc) is 3.30. The third kappa shape index (κ3) is 4.56. The second kappa shape index (κ2) is 9.31. The lowest BCUT2D eigenvalue weighted by Crippen LogP contribution is -2.53. The number of hydrogen-bond acceptors (Lipinski definition) is 4. The number of rotatable bonds is 5. The Morgan fingerprint density at radius 3 is 2.38 bits per heavy atom. The number of carbonyl (C=O) groups excluding carboxylic acids is 2.